The molecule has 3 rings (SSSR count). The first-order chi connectivity index (χ1) is 11.3. The number of ether oxygens (including phenoxy) is 1. The van der Waals surface area contributed by atoms with Crippen LogP contribution < -0.4 is 15.4 Å². The Hall–Kier alpha value is -2.38. The first-order valence-electron chi connectivity index (χ1n) is 6.57. The predicted molar refractivity (Wildman–Crippen MR) is 84.9 cm³/mol. The summed E-state index contributed by atoms with van der Waals surface area (Å²) < 4.78 is 31.6. The Morgan fingerprint density at radius 1 is 1.12 bits per heavy atom. The molecule has 0 bridgehead atoms. The topological polar surface area (TPSA) is 67.4 Å². The molecule has 2 aromatic carbocycles. The van der Waals surface area contributed by atoms with E-state index in [1.54, 1.807) is 0 Å². The summed E-state index contributed by atoms with van der Waals surface area (Å²) in [5, 5.41) is 4.87. The van der Waals surface area contributed by atoms with E-state index in [-0.39, 0.29) is 33.8 Å². The minimum Gasteiger partial charge on any atom is -0.482 e. The number of fused-ring (bicyclic) bond motifs is 1. The van der Waals surface area contributed by atoms with Crippen molar-refractivity contribution >= 4 is 46.4 Å². The van der Waals surface area contributed by atoms with Crippen LogP contribution in [-0.2, 0) is 4.79 Å². The van der Waals surface area contributed by atoms with Crippen LogP contribution >= 0.6 is 23.2 Å². The lowest BCUT2D eigenvalue weighted by atomic mass is 10.1. The van der Waals surface area contributed by atoms with Crippen molar-refractivity contribution in [3.63, 3.8) is 0 Å². The van der Waals surface area contributed by atoms with Crippen LogP contribution in [0.15, 0.2) is 24.3 Å². The van der Waals surface area contributed by atoms with Crippen molar-refractivity contribution in [1.29, 1.82) is 0 Å². The van der Waals surface area contributed by atoms with Gasteiger partial charge in [0.2, 0.25) is 0 Å². The summed E-state index contributed by atoms with van der Waals surface area (Å²) in [7, 11) is 0. The molecule has 1 heterocycles. The van der Waals surface area contributed by atoms with Gasteiger partial charge in [-0.25, -0.2) is 8.78 Å². The third kappa shape index (κ3) is 3.13. The molecule has 0 unspecified atom stereocenters. The van der Waals surface area contributed by atoms with Crippen molar-refractivity contribution in [2.24, 2.45) is 0 Å². The second kappa shape index (κ2) is 6.26. The number of carbonyl (C=O) groups excluding carboxylic acids is 2. The van der Waals surface area contributed by atoms with E-state index in [0.717, 1.165) is 0 Å². The molecule has 0 fully saturated rings. The van der Waals surface area contributed by atoms with E-state index < -0.39 is 17.5 Å². The monoisotopic (exact) mass is 372 g/mol. The molecule has 0 radical (unpaired) electrons. The van der Waals surface area contributed by atoms with E-state index in [2.05, 4.69) is 10.6 Å². The molecule has 0 atom stereocenters. The van der Waals surface area contributed by atoms with Crippen LogP contribution in [0.1, 0.15) is 10.4 Å². The number of nitrogens with one attached hydrogen (secondary N) is 2. The molecule has 124 valence electrons. The number of anilines is 2. The molecule has 24 heavy (non-hydrogen) atoms. The van der Waals surface area contributed by atoms with Gasteiger partial charge in [0.25, 0.3) is 11.8 Å². The summed E-state index contributed by atoms with van der Waals surface area (Å²) in [6, 6.07) is 4.20. The Morgan fingerprint density at radius 3 is 2.58 bits per heavy atom. The fourth-order valence-electron chi connectivity index (χ4n) is 2.08. The fourth-order valence-corrected chi connectivity index (χ4v) is 2.53. The Kier molecular flexibility index (Phi) is 4.29. The lowest BCUT2D eigenvalue weighted by Gasteiger charge is -2.19. The quantitative estimate of drug-likeness (QED) is 0.786. The summed E-state index contributed by atoms with van der Waals surface area (Å²) in [5.41, 5.74) is 0.274. The summed E-state index contributed by atoms with van der Waals surface area (Å²) in [6.45, 7) is -0.170. The van der Waals surface area contributed by atoms with E-state index >= 15 is 0 Å². The zero-order valence-corrected chi connectivity index (χ0v) is 13.3. The van der Waals surface area contributed by atoms with Crippen LogP contribution in [0.2, 0.25) is 10.0 Å². The van der Waals surface area contributed by atoms with Gasteiger partial charge in [-0.1, -0.05) is 23.2 Å². The van der Waals surface area contributed by atoms with E-state index in [1.807, 2.05) is 0 Å². The molecule has 2 amide bonds. The number of rotatable bonds is 2. The highest BCUT2D eigenvalue weighted by Crippen LogP contribution is 2.36. The number of benzene rings is 2. The number of hydrogen-bond donors (Lipinski definition) is 2. The summed E-state index contributed by atoms with van der Waals surface area (Å²) in [6.07, 6.45) is 0. The maximum absolute atomic E-state index is 13.3. The number of carbonyl (C=O) groups is 2. The fraction of sp³-hybridized carbons (Fsp3) is 0.0667. The average molecular weight is 373 g/mol. The largest absolute Gasteiger partial charge is 0.482 e. The molecular weight excluding hydrogens is 365 g/mol. The van der Waals surface area contributed by atoms with Crippen molar-refractivity contribution in [3.8, 4) is 5.75 Å². The molecule has 0 saturated heterocycles. The maximum atomic E-state index is 13.3. The molecular formula is C15H8Cl2F2N2O3. The van der Waals surface area contributed by atoms with Crippen molar-refractivity contribution < 1.29 is 23.1 Å². The highest BCUT2D eigenvalue weighted by Gasteiger charge is 2.20. The van der Waals surface area contributed by atoms with Gasteiger partial charge in [0, 0.05) is 6.07 Å². The van der Waals surface area contributed by atoms with Gasteiger partial charge in [-0.2, -0.15) is 0 Å². The first-order valence-corrected chi connectivity index (χ1v) is 7.33. The van der Waals surface area contributed by atoms with Crippen LogP contribution in [0.25, 0.3) is 0 Å². The second-order valence-electron chi connectivity index (χ2n) is 4.87. The van der Waals surface area contributed by atoms with Crippen LogP contribution in [0.5, 0.6) is 5.75 Å². The molecule has 2 aromatic rings. The Morgan fingerprint density at radius 2 is 1.83 bits per heavy atom. The predicted octanol–water partition coefficient (Wildman–Crippen LogP) is 3.85. The first kappa shape index (κ1) is 16.5. The summed E-state index contributed by atoms with van der Waals surface area (Å²) in [5.74, 6) is -3.16. The minimum absolute atomic E-state index is 0.117. The lowest BCUT2D eigenvalue weighted by molar-refractivity contribution is -0.118. The number of amides is 2. The summed E-state index contributed by atoms with van der Waals surface area (Å²) in [4.78, 5) is 23.5. The molecule has 0 saturated carbocycles. The van der Waals surface area contributed by atoms with E-state index in [0.29, 0.717) is 23.6 Å². The molecule has 1 aliphatic heterocycles. The van der Waals surface area contributed by atoms with Crippen LogP contribution in [0.4, 0.5) is 20.2 Å². The lowest BCUT2D eigenvalue weighted by Crippen LogP contribution is -2.25. The smallest absolute Gasteiger partial charge is 0.262 e. The third-order valence-electron chi connectivity index (χ3n) is 3.20. The van der Waals surface area contributed by atoms with Crippen LogP contribution in [0, 0.1) is 11.6 Å². The molecule has 9 heteroatoms. The zero-order valence-electron chi connectivity index (χ0n) is 11.8. The molecule has 0 aromatic heterocycles. The van der Waals surface area contributed by atoms with Crippen molar-refractivity contribution in [3.05, 3.63) is 51.5 Å². The van der Waals surface area contributed by atoms with Gasteiger partial charge in [-0.3, -0.25) is 9.59 Å². The Balaban J connectivity index is 1.90. The van der Waals surface area contributed by atoms with Gasteiger partial charge < -0.3 is 15.4 Å². The highest BCUT2D eigenvalue weighted by atomic mass is 35.5. The molecule has 0 aliphatic carbocycles. The standard InChI is InChI=1S/C15H8Cl2F2N2O3/c16-7-2-10(19)9(18)1-6(7)15(23)21-11-4-13-12(3-8(11)17)20-14(22)5-24-13/h1-4H,5H2,(H,20,22)(H,21,23). The Bertz CT molecular complexity index is 874. The van der Waals surface area contributed by atoms with E-state index in [9.17, 15) is 18.4 Å². The van der Waals surface area contributed by atoms with Gasteiger partial charge in [0.05, 0.1) is 27.0 Å². The van der Waals surface area contributed by atoms with Crippen LogP contribution in [-0.4, -0.2) is 18.4 Å². The van der Waals surface area contributed by atoms with Gasteiger partial charge in [-0.05, 0) is 18.2 Å². The number of hydrogen-bond acceptors (Lipinski definition) is 3. The molecule has 2 N–H and O–H groups in total. The van der Waals surface area contributed by atoms with Crippen molar-refractivity contribution in [2.45, 2.75) is 0 Å². The van der Waals surface area contributed by atoms with Crippen molar-refractivity contribution in [2.75, 3.05) is 17.2 Å². The van der Waals surface area contributed by atoms with Crippen LogP contribution in [0.3, 0.4) is 0 Å². The molecule has 0 spiro atoms. The SMILES string of the molecule is O=C1COc2cc(NC(=O)c3cc(F)c(F)cc3Cl)c(Cl)cc2N1. The van der Waals surface area contributed by atoms with Gasteiger partial charge in [-0.15, -0.1) is 0 Å². The molecule has 5 nitrogen and oxygen atoms in total. The number of halogens is 4. The van der Waals surface area contributed by atoms with Gasteiger partial charge in [0.15, 0.2) is 18.2 Å². The zero-order chi connectivity index (χ0) is 17.4. The second-order valence-corrected chi connectivity index (χ2v) is 5.68. The Labute approximate surface area is 144 Å². The highest BCUT2D eigenvalue weighted by molar-refractivity contribution is 6.36. The molecule has 1 aliphatic rings. The normalized spacial score (nSPS) is 12.9. The van der Waals surface area contributed by atoms with Gasteiger partial charge >= 0.3 is 0 Å². The maximum Gasteiger partial charge on any atom is 0.262 e. The van der Waals surface area contributed by atoms with Crippen molar-refractivity contribution in [1.82, 2.24) is 0 Å². The van der Waals surface area contributed by atoms with E-state index in [4.69, 9.17) is 27.9 Å². The minimum atomic E-state index is -1.20. The summed E-state index contributed by atoms with van der Waals surface area (Å²) >= 11 is 11.8. The van der Waals surface area contributed by atoms with E-state index in [1.165, 1.54) is 12.1 Å². The third-order valence-corrected chi connectivity index (χ3v) is 3.83. The average Bonchev–Trinajstić information content (AvgIpc) is 2.51. The van der Waals surface area contributed by atoms with Gasteiger partial charge in [0.1, 0.15) is 5.75 Å².